The Morgan fingerprint density at radius 2 is 1.70 bits per heavy atom. The van der Waals surface area contributed by atoms with Crippen LogP contribution in [-0.4, -0.2) is 15.4 Å². The standard InChI is InChI=1S/C17H27N3/c1-3-5-7-10-14(11-8-6-4-2)15-12-9-13-16-17(15)19-20-18-16/h9,12-14H,3-8,10-11H2,1-2H3,(H,18,19,20). The molecule has 3 heteroatoms. The van der Waals surface area contributed by atoms with Gasteiger partial charge in [-0.1, -0.05) is 69.7 Å². The first kappa shape index (κ1) is 15.0. The van der Waals surface area contributed by atoms with Crippen molar-refractivity contribution in [2.24, 2.45) is 0 Å². The van der Waals surface area contributed by atoms with E-state index in [-0.39, 0.29) is 0 Å². The molecule has 1 aromatic carbocycles. The van der Waals surface area contributed by atoms with Gasteiger partial charge in [-0.3, -0.25) is 5.10 Å². The lowest BCUT2D eigenvalue weighted by molar-refractivity contribution is 0.508. The highest BCUT2D eigenvalue weighted by atomic mass is 15.3. The van der Waals surface area contributed by atoms with E-state index in [1.165, 1.54) is 56.9 Å². The van der Waals surface area contributed by atoms with E-state index in [4.69, 9.17) is 0 Å². The summed E-state index contributed by atoms with van der Waals surface area (Å²) in [7, 11) is 0. The van der Waals surface area contributed by atoms with E-state index in [2.05, 4.69) is 47.5 Å². The minimum absolute atomic E-state index is 0.641. The molecule has 0 aliphatic carbocycles. The Kier molecular flexibility index (Phi) is 6.03. The fourth-order valence-electron chi connectivity index (χ4n) is 2.96. The maximum absolute atomic E-state index is 4.29. The Morgan fingerprint density at radius 3 is 2.35 bits per heavy atom. The number of rotatable bonds is 9. The number of hydrogen-bond acceptors (Lipinski definition) is 2. The monoisotopic (exact) mass is 273 g/mol. The molecule has 1 aromatic heterocycles. The van der Waals surface area contributed by atoms with Crippen molar-refractivity contribution in [3.8, 4) is 0 Å². The topological polar surface area (TPSA) is 41.6 Å². The van der Waals surface area contributed by atoms with Crippen molar-refractivity contribution in [1.82, 2.24) is 15.4 Å². The molecule has 20 heavy (non-hydrogen) atoms. The highest BCUT2D eigenvalue weighted by Gasteiger charge is 2.15. The summed E-state index contributed by atoms with van der Waals surface area (Å²) in [5, 5.41) is 11.2. The summed E-state index contributed by atoms with van der Waals surface area (Å²) in [6.07, 6.45) is 10.4. The second kappa shape index (κ2) is 8.03. The summed E-state index contributed by atoms with van der Waals surface area (Å²) in [5.41, 5.74) is 3.53. The molecule has 0 atom stereocenters. The summed E-state index contributed by atoms with van der Waals surface area (Å²) in [4.78, 5) is 0. The van der Waals surface area contributed by atoms with Gasteiger partial charge in [0.05, 0.1) is 5.52 Å². The molecule has 3 nitrogen and oxygen atoms in total. The maximum Gasteiger partial charge on any atom is 0.116 e. The number of aromatic nitrogens is 3. The lowest BCUT2D eigenvalue weighted by Crippen LogP contribution is -2.01. The molecule has 2 rings (SSSR count). The van der Waals surface area contributed by atoms with E-state index < -0.39 is 0 Å². The first-order chi connectivity index (χ1) is 9.86. The molecule has 0 fully saturated rings. The highest BCUT2D eigenvalue weighted by molar-refractivity contribution is 5.77. The molecular formula is C17H27N3. The van der Waals surface area contributed by atoms with Gasteiger partial charge in [0.1, 0.15) is 5.52 Å². The molecule has 0 radical (unpaired) electrons. The predicted octanol–water partition coefficient (Wildman–Crippen LogP) is 5.20. The third-order valence-corrected chi connectivity index (χ3v) is 4.14. The summed E-state index contributed by atoms with van der Waals surface area (Å²) in [6, 6.07) is 6.44. The zero-order valence-electron chi connectivity index (χ0n) is 12.9. The van der Waals surface area contributed by atoms with Crippen LogP contribution in [0.4, 0.5) is 0 Å². The third-order valence-electron chi connectivity index (χ3n) is 4.14. The molecule has 0 aliphatic rings. The van der Waals surface area contributed by atoms with Crippen LogP contribution in [0.2, 0.25) is 0 Å². The van der Waals surface area contributed by atoms with Crippen molar-refractivity contribution in [3.63, 3.8) is 0 Å². The predicted molar refractivity (Wildman–Crippen MR) is 84.9 cm³/mol. The van der Waals surface area contributed by atoms with Crippen molar-refractivity contribution in [3.05, 3.63) is 23.8 Å². The summed E-state index contributed by atoms with van der Waals surface area (Å²) in [6.45, 7) is 4.54. The van der Waals surface area contributed by atoms with Gasteiger partial charge in [-0.15, -0.1) is 5.10 Å². The molecule has 0 saturated heterocycles. The number of nitrogens with one attached hydrogen (secondary N) is 1. The van der Waals surface area contributed by atoms with Gasteiger partial charge in [0.2, 0.25) is 0 Å². The van der Waals surface area contributed by atoms with Crippen LogP contribution >= 0.6 is 0 Å². The van der Waals surface area contributed by atoms with Crippen LogP contribution in [0.5, 0.6) is 0 Å². The van der Waals surface area contributed by atoms with Crippen LogP contribution in [0, 0.1) is 0 Å². The number of hydrogen-bond donors (Lipinski definition) is 1. The van der Waals surface area contributed by atoms with Crippen LogP contribution in [0.25, 0.3) is 11.0 Å². The minimum atomic E-state index is 0.641. The van der Waals surface area contributed by atoms with E-state index in [0.717, 1.165) is 11.0 Å². The maximum atomic E-state index is 4.29. The van der Waals surface area contributed by atoms with Gasteiger partial charge in [-0.25, -0.2) is 0 Å². The Hall–Kier alpha value is -1.38. The van der Waals surface area contributed by atoms with Crippen LogP contribution < -0.4 is 0 Å². The molecule has 0 unspecified atom stereocenters. The summed E-state index contributed by atoms with van der Waals surface area (Å²) < 4.78 is 0. The van der Waals surface area contributed by atoms with Crippen LogP contribution in [0.3, 0.4) is 0 Å². The molecule has 1 N–H and O–H groups in total. The molecule has 2 aromatic rings. The Labute approximate surface area is 122 Å². The lowest BCUT2D eigenvalue weighted by Gasteiger charge is -2.17. The lowest BCUT2D eigenvalue weighted by atomic mass is 9.87. The molecule has 0 amide bonds. The van der Waals surface area contributed by atoms with Crippen LogP contribution in [-0.2, 0) is 0 Å². The molecule has 0 saturated carbocycles. The van der Waals surface area contributed by atoms with Gasteiger partial charge in [0, 0.05) is 0 Å². The smallest absolute Gasteiger partial charge is 0.116 e. The molecule has 0 spiro atoms. The van der Waals surface area contributed by atoms with E-state index in [1.807, 2.05) is 0 Å². The number of H-pyrrole nitrogens is 1. The van der Waals surface area contributed by atoms with Gasteiger partial charge < -0.3 is 0 Å². The fourth-order valence-corrected chi connectivity index (χ4v) is 2.96. The number of nitrogens with zero attached hydrogens (tertiary/aromatic N) is 2. The Bertz CT molecular complexity index is 494. The molecule has 110 valence electrons. The average molecular weight is 273 g/mol. The number of aromatic amines is 1. The van der Waals surface area contributed by atoms with E-state index in [1.54, 1.807) is 0 Å². The van der Waals surface area contributed by atoms with Crippen molar-refractivity contribution in [1.29, 1.82) is 0 Å². The van der Waals surface area contributed by atoms with Crippen molar-refractivity contribution in [2.45, 2.75) is 71.1 Å². The molecule has 1 heterocycles. The van der Waals surface area contributed by atoms with Gasteiger partial charge >= 0.3 is 0 Å². The fraction of sp³-hybridized carbons (Fsp3) is 0.647. The van der Waals surface area contributed by atoms with Gasteiger partial charge in [-0.05, 0) is 30.4 Å². The number of unbranched alkanes of at least 4 members (excludes halogenated alkanes) is 4. The van der Waals surface area contributed by atoms with E-state index in [0.29, 0.717) is 5.92 Å². The minimum Gasteiger partial charge on any atom is -0.258 e. The molecule has 0 bridgehead atoms. The average Bonchev–Trinajstić information content (AvgIpc) is 2.94. The van der Waals surface area contributed by atoms with Gasteiger partial charge in [0.15, 0.2) is 0 Å². The second-order valence-electron chi connectivity index (χ2n) is 5.74. The molecular weight excluding hydrogens is 246 g/mol. The largest absolute Gasteiger partial charge is 0.258 e. The van der Waals surface area contributed by atoms with E-state index in [9.17, 15) is 0 Å². The van der Waals surface area contributed by atoms with Crippen LogP contribution in [0.15, 0.2) is 18.2 Å². The normalized spacial score (nSPS) is 11.6. The summed E-state index contributed by atoms with van der Waals surface area (Å²) in [5.74, 6) is 0.641. The summed E-state index contributed by atoms with van der Waals surface area (Å²) >= 11 is 0. The van der Waals surface area contributed by atoms with Crippen LogP contribution in [0.1, 0.15) is 76.7 Å². The van der Waals surface area contributed by atoms with E-state index >= 15 is 0 Å². The number of benzene rings is 1. The quantitative estimate of drug-likeness (QED) is 0.638. The van der Waals surface area contributed by atoms with Gasteiger partial charge in [-0.2, -0.15) is 0 Å². The van der Waals surface area contributed by atoms with Gasteiger partial charge in [0.25, 0.3) is 0 Å². The first-order valence-corrected chi connectivity index (χ1v) is 8.16. The Balaban J connectivity index is 2.13. The van der Waals surface area contributed by atoms with Crippen molar-refractivity contribution in [2.75, 3.05) is 0 Å². The second-order valence-corrected chi connectivity index (χ2v) is 5.74. The highest BCUT2D eigenvalue weighted by Crippen LogP contribution is 2.31. The van der Waals surface area contributed by atoms with Crippen molar-refractivity contribution >= 4 is 11.0 Å². The SMILES string of the molecule is CCCCCC(CCCCC)c1cccc2[nH]nnc12. The third kappa shape index (κ3) is 3.81. The zero-order valence-corrected chi connectivity index (χ0v) is 12.9. The van der Waals surface area contributed by atoms with Crippen molar-refractivity contribution < 1.29 is 0 Å². The number of fused-ring (bicyclic) bond motifs is 1. The Morgan fingerprint density at radius 1 is 1.00 bits per heavy atom. The zero-order chi connectivity index (χ0) is 14.2. The molecule has 0 aliphatic heterocycles. The first-order valence-electron chi connectivity index (χ1n) is 8.16.